The molecule has 0 radical (unpaired) electrons. The van der Waals surface area contributed by atoms with Gasteiger partial charge in [0.05, 0.1) is 5.41 Å². The minimum atomic E-state index is -0.416. The number of carbonyl (C=O) groups excluding carboxylic acids is 2. The van der Waals surface area contributed by atoms with Crippen molar-refractivity contribution in [3.8, 4) is 0 Å². The van der Waals surface area contributed by atoms with Crippen molar-refractivity contribution >= 4 is 11.8 Å². The van der Waals surface area contributed by atoms with E-state index in [0.29, 0.717) is 6.42 Å². The fourth-order valence-corrected chi connectivity index (χ4v) is 1.57. The SMILES string of the molecule is CCC1(C)CC(=C(C)C)C(=O)NC1=O. The van der Waals surface area contributed by atoms with E-state index in [0.717, 1.165) is 17.6 Å². The molecule has 1 heterocycles. The maximum absolute atomic E-state index is 11.6. The molecule has 2 amide bonds. The predicted molar refractivity (Wildman–Crippen MR) is 54.5 cm³/mol. The van der Waals surface area contributed by atoms with Gasteiger partial charge in [-0.3, -0.25) is 14.9 Å². The van der Waals surface area contributed by atoms with Crippen LogP contribution < -0.4 is 5.32 Å². The van der Waals surface area contributed by atoms with Gasteiger partial charge in [-0.05, 0) is 26.7 Å². The third kappa shape index (κ3) is 1.72. The van der Waals surface area contributed by atoms with Crippen LogP contribution in [0.1, 0.15) is 40.5 Å². The van der Waals surface area contributed by atoms with Crippen molar-refractivity contribution in [3.05, 3.63) is 11.1 Å². The second kappa shape index (κ2) is 3.56. The number of hydrogen-bond donors (Lipinski definition) is 1. The quantitative estimate of drug-likeness (QED) is 0.512. The largest absolute Gasteiger partial charge is 0.292 e. The number of piperidine rings is 1. The van der Waals surface area contributed by atoms with Crippen molar-refractivity contribution in [1.82, 2.24) is 5.32 Å². The molecule has 3 nitrogen and oxygen atoms in total. The summed E-state index contributed by atoms with van der Waals surface area (Å²) in [6.07, 6.45) is 1.32. The highest BCUT2D eigenvalue weighted by molar-refractivity contribution is 6.09. The lowest BCUT2D eigenvalue weighted by Crippen LogP contribution is -2.48. The van der Waals surface area contributed by atoms with Crippen LogP contribution in [-0.4, -0.2) is 11.8 Å². The molecule has 0 bridgehead atoms. The van der Waals surface area contributed by atoms with E-state index in [1.807, 2.05) is 27.7 Å². The summed E-state index contributed by atoms with van der Waals surface area (Å²) in [4.78, 5) is 23.0. The Balaban J connectivity index is 3.05. The maximum Gasteiger partial charge on any atom is 0.253 e. The van der Waals surface area contributed by atoms with Crippen molar-refractivity contribution < 1.29 is 9.59 Å². The molecule has 0 aromatic rings. The van der Waals surface area contributed by atoms with Gasteiger partial charge in [-0.25, -0.2) is 0 Å². The molecular formula is C11H17NO2. The normalized spacial score (nSPS) is 27.6. The van der Waals surface area contributed by atoms with Gasteiger partial charge in [0.1, 0.15) is 0 Å². The maximum atomic E-state index is 11.6. The van der Waals surface area contributed by atoms with Crippen LogP contribution in [0.15, 0.2) is 11.1 Å². The first-order chi connectivity index (χ1) is 6.40. The van der Waals surface area contributed by atoms with Crippen LogP contribution in [0.3, 0.4) is 0 Å². The molecule has 78 valence electrons. The van der Waals surface area contributed by atoms with Crippen LogP contribution in [0.5, 0.6) is 0 Å². The Labute approximate surface area is 84.6 Å². The summed E-state index contributed by atoms with van der Waals surface area (Å²) in [5.74, 6) is -0.365. The molecule has 0 saturated carbocycles. The van der Waals surface area contributed by atoms with Crippen LogP contribution in [0.25, 0.3) is 0 Å². The molecule has 1 atom stereocenters. The van der Waals surface area contributed by atoms with Crippen LogP contribution >= 0.6 is 0 Å². The zero-order valence-corrected chi connectivity index (χ0v) is 9.23. The molecule has 1 fully saturated rings. The highest BCUT2D eigenvalue weighted by atomic mass is 16.2. The summed E-state index contributed by atoms with van der Waals surface area (Å²) in [6, 6.07) is 0. The van der Waals surface area contributed by atoms with Crippen molar-refractivity contribution in [2.75, 3.05) is 0 Å². The molecule has 1 saturated heterocycles. The number of amides is 2. The second-order valence-corrected chi connectivity index (χ2v) is 4.35. The molecule has 1 N–H and O–H groups in total. The Bertz CT molecular complexity index is 313. The Morgan fingerprint density at radius 2 is 2.00 bits per heavy atom. The second-order valence-electron chi connectivity index (χ2n) is 4.35. The topological polar surface area (TPSA) is 46.2 Å². The first-order valence-electron chi connectivity index (χ1n) is 4.93. The number of rotatable bonds is 1. The van der Waals surface area contributed by atoms with Crippen molar-refractivity contribution in [2.24, 2.45) is 5.41 Å². The van der Waals surface area contributed by atoms with Gasteiger partial charge in [-0.2, -0.15) is 0 Å². The van der Waals surface area contributed by atoms with Gasteiger partial charge in [0.15, 0.2) is 0 Å². The molecule has 0 aromatic carbocycles. The lowest BCUT2D eigenvalue weighted by Gasteiger charge is -2.32. The number of carbonyl (C=O) groups is 2. The Kier molecular flexibility index (Phi) is 2.79. The van der Waals surface area contributed by atoms with Crippen molar-refractivity contribution in [1.29, 1.82) is 0 Å². The van der Waals surface area contributed by atoms with E-state index < -0.39 is 5.41 Å². The minimum Gasteiger partial charge on any atom is -0.292 e. The molecular weight excluding hydrogens is 178 g/mol. The third-order valence-electron chi connectivity index (χ3n) is 3.00. The standard InChI is InChI=1S/C11H17NO2/c1-5-11(4)6-8(7(2)3)9(13)12-10(11)14/h5-6H2,1-4H3,(H,12,13,14). The molecule has 1 rings (SSSR count). The zero-order chi connectivity index (χ0) is 10.9. The molecule has 1 aliphatic heterocycles. The predicted octanol–water partition coefficient (Wildman–Crippen LogP) is 1.79. The first kappa shape index (κ1) is 11.0. The van der Waals surface area contributed by atoms with E-state index in [-0.39, 0.29) is 11.8 Å². The van der Waals surface area contributed by atoms with E-state index in [2.05, 4.69) is 5.32 Å². The summed E-state index contributed by atoms with van der Waals surface area (Å²) >= 11 is 0. The average molecular weight is 195 g/mol. The Morgan fingerprint density at radius 3 is 2.43 bits per heavy atom. The molecule has 1 aliphatic rings. The molecule has 14 heavy (non-hydrogen) atoms. The molecule has 0 aromatic heterocycles. The van der Waals surface area contributed by atoms with E-state index in [9.17, 15) is 9.59 Å². The Morgan fingerprint density at radius 1 is 1.43 bits per heavy atom. The van der Waals surface area contributed by atoms with Crippen LogP contribution in [0, 0.1) is 5.41 Å². The minimum absolute atomic E-state index is 0.144. The van der Waals surface area contributed by atoms with E-state index in [1.54, 1.807) is 0 Å². The van der Waals surface area contributed by atoms with Gasteiger partial charge in [0.2, 0.25) is 5.91 Å². The number of imide groups is 1. The van der Waals surface area contributed by atoms with Crippen molar-refractivity contribution in [3.63, 3.8) is 0 Å². The number of allylic oxidation sites excluding steroid dienone is 1. The summed E-state index contributed by atoms with van der Waals surface area (Å²) in [6.45, 7) is 7.68. The summed E-state index contributed by atoms with van der Waals surface area (Å²) in [5.41, 5.74) is 1.34. The highest BCUT2D eigenvalue weighted by Gasteiger charge is 2.39. The van der Waals surface area contributed by atoms with Gasteiger partial charge in [0.25, 0.3) is 5.91 Å². The van der Waals surface area contributed by atoms with E-state index >= 15 is 0 Å². The molecule has 3 heteroatoms. The smallest absolute Gasteiger partial charge is 0.253 e. The monoisotopic (exact) mass is 195 g/mol. The van der Waals surface area contributed by atoms with E-state index in [1.165, 1.54) is 0 Å². The fraction of sp³-hybridized carbons (Fsp3) is 0.636. The summed E-state index contributed by atoms with van der Waals surface area (Å²) in [7, 11) is 0. The first-order valence-corrected chi connectivity index (χ1v) is 4.93. The fourth-order valence-electron chi connectivity index (χ4n) is 1.57. The highest BCUT2D eigenvalue weighted by Crippen LogP contribution is 2.34. The third-order valence-corrected chi connectivity index (χ3v) is 3.00. The van der Waals surface area contributed by atoms with Gasteiger partial charge in [0, 0.05) is 5.57 Å². The van der Waals surface area contributed by atoms with Crippen LogP contribution in [0.2, 0.25) is 0 Å². The summed E-state index contributed by atoms with van der Waals surface area (Å²) < 4.78 is 0. The molecule has 1 unspecified atom stereocenters. The van der Waals surface area contributed by atoms with E-state index in [4.69, 9.17) is 0 Å². The van der Waals surface area contributed by atoms with Crippen LogP contribution in [0.4, 0.5) is 0 Å². The number of hydrogen-bond acceptors (Lipinski definition) is 2. The van der Waals surface area contributed by atoms with Gasteiger partial charge < -0.3 is 0 Å². The lowest BCUT2D eigenvalue weighted by molar-refractivity contribution is -0.138. The molecule has 0 aliphatic carbocycles. The molecule has 0 spiro atoms. The van der Waals surface area contributed by atoms with Crippen molar-refractivity contribution in [2.45, 2.75) is 40.5 Å². The lowest BCUT2D eigenvalue weighted by atomic mass is 9.76. The Hall–Kier alpha value is -1.12. The van der Waals surface area contributed by atoms with Gasteiger partial charge in [-0.15, -0.1) is 0 Å². The van der Waals surface area contributed by atoms with Gasteiger partial charge >= 0.3 is 0 Å². The average Bonchev–Trinajstić information content (AvgIpc) is 2.11. The summed E-state index contributed by atoms with van der Waals surface area (Å²) in [5, 5.41) is 2.42. The van der Waals surface area contributed by atoms with Gasteiger partial charge in [-0.1, -0.05) is 19.4 Å². The zero-order valence-electron chi connectivity index (χ0n) is 9.23. The number of nitrogens with one attached hydrogen (secondary N) is 1. The van der Waals surface area contributed by atoms with Crippen LogP contribution in [-0.2, 0) is 9.59 Å².